The van der Waals surface area contributed by atoms with Gasteiger partial charge in [0.25, 0.3) is 0 Å². The Bertz CT molecular complexity index is 558. The lowest BCUT2D eigenvalue weighted by atomic mass is 10.1. The van der Waals surface area contributed by atoms with Crippen molar-refractivity contribution in [2.75, 3.05) is 23.8 Å². The second-order valence-corrected chi connectivity index (χ2v) is 6.39. The van der Waals surface area contributed by atoms with Crippen LogP contribution in [0.4, 0.5) is 11.4 Å². The van der Waals surface area contributed by atoms with E-state index in [9.17, 15) is 20.4 Å². The van der Waals surface area contributed by atoms with Gasteiger partial charge in [-0.2, -0.15) is 0 Å². The number of aliphatic hydroxyl groups is 6. The summed E-state index contributed by atoms with van der Waals surface area (Å²) in [6.07, 6.45) is -8.34. The Kier molecular flexibility index (Phi) is 5.95. The molecule has 0 unspecified atom stereocenters. The van der Waals surface area contributed by atoms with Gasteiger partial charge in [-0.1, -0.05) is 6.07 Å². The van der Waals surface area contributed by atoms with Gasteiger partial charge in [-0.15, -0.1) is 0 Å². The number of rotatable bonds is 6. The predicted molar refractivity (Wildman–Crippen MR) is 89.2 cm³/mol. The number of ether oxygens (including phenoxy) is 2. The minimum atomic E-state index is -1.20. The van der Waals surface area contributed by atoms with Crippen molar-refractivity contribution >= 4 is 11.4 Å². The quantitative estimate of drug-likeness (QED) is 0.265. The number of aliphatic hydroxyl groups excluding tert-OH is 6. The van der Waals surface area contributed by atoms with E-state index in [-0.39, 0.29) is 0 Å². The Balaban J connectivity index is 1.64. The average Bonchev–Trinajstić information content (AvgIpc) is 3.06. The van der Waals surface area contributed by atoms with E-state index in [4.69, 9.17) is 19.7 Å². The van der Waals surface area contributed by atoms with Gasteiger partial charge in [-0.3, -0.25) is 0 Å². The first-order chi connectivity index (χ1) is 12.4. The first-order valence-corrected chi connectivity index (χ1v) is 8.32. The molecule has 0 aliphatic carbocycles. The van der Waals surface area contributed by atoms with Gasteiger partial charge in [0, 0.05) is 11.4 Å². The highest BCUT2D eigenvalue weighted by Gasteiger charge is 2.43. The lowest BCUT2D eigenvalue weighted by molar-refractivity contribution is -0.0154. The molecule has 0 saturated carbocycles. The van der Waals surface area contributed by atoms with Crippen LogP contribution in [0.15, 0.2) is 24.3 Å². The molecule has 0 aromatic heterocycles. The zero-order valence-corrected chi connectivity index (χ0v) is 13.8. The molecule has 8 atom stereocenters. The van der Waals surface area contributed by atoms with E-state index in [1.165, 1.54) is 0 Å². The van der Waals surface area contributed by atoms with E-state index in [0.717, 1.165) is 0 Å². The fourth-order valence-electron chi connectivity index (χ4n) is 3.06. The topological polar surface area (TPSA) is 164 Å². The van der Waals surface area contributed by atoms with Crippen molar-refractivity contribution in [3.63, 3.8) is 0 Å². The van der Waals surface area contributed by atoms with Crippen LogP contribution in [0.5, 0.6) is 0 Å². The number of hydrogen-bond donors (Lipinski definition) is 8. The number of nitrogens with one attached hydrogen (secondary N) is 2. The molecule has 0 bridgehead atoms. The van der Waals surface area contributed by atoms with Crippen molar-refractivity contribution < 1.29 is 40.1 Å². The zero-order chi connectivity index (χ0) is 18.8. The molecular weight excluding hydrogens is 348 g/mol. The maximum Gasteiger partial charge on any atom is 0.157 e. The smallest absolute Gasteiger partial charge is 0.157 e. The average molecular weight is 372 g/mol. The number of anilines is 2. The molecule has 1 aromatic rings. The van der Waals surface area contributed by atoms with Crippen LogP contribution >= 0.6 is 0 Å². The van der Waals surface area contributed by atoms with Crippen LogP contribution in [0.1, 0.15) is 0 Å². The van der Waals surface area contributed by atoms with Crippen molar-refractivity contribution in [1.82, 2.24) is 0 Å². The Labute approximate surface area is 149 Å². The fraction of sp³-hybridized carbons (Fsp3) is 0.625. The maximum absolute atomic E-state index is 9.97. The highest BCUT2D eigenvalue weighted by atomic mass is 16.6. The van der Waals surface area contributed by atoms with Gasteiger partial charge in [0.05, 0.1) is 13.2 Å². The number of benzene rings is 1. The third-order valence-electron chi connectivity index (χ3n) is 4.57. The molecule has 8 N–H and O–H groups in total. The van der Waals surface area contributed by atoms with Crippen LogP contribution < -0.4 is 10.6 Å². The summed E-state index contributed by atoms with van der Waals surface area (Å²) in [6, 6.07) is 6.77. The molecule has 2 saturated heterocycles. The minimum absolute atomic E-state index is 0.413. The Morgan fingerprint density at radius 3 is 1.50 bits per heavy atom. The lowest BCUT2D eigenvalue weighted by Crippen LogP contribution is -2.37. The van der Waals surface area contributed by atoms with Gasteiger partial charge in [-0.05, 0) is 18.2 Å². The highest BCUT2D eigenvalue weighted by molar-refractivity contribution is 5.57. The van der Waals surface area contributed by atoms with Crippen LogP contribution in [-0.4, -0.2) is 92.9 Å². The molecule has 26 heavy (non-hydrogen) atoms. The van der Waals surface area contributed by atoms with Crippen LogP contribution in [0.3, 0.4) is 0 Å². The standard InChI is InChI=1S/C16H24N2O8/c19-5-9-11(21)13(23)15(25-9)17-7-2-1-3-8(4-7)18-16-14(24)12(22)10(6-20)26-16/h1-4,9-24H,5-6H2/t9-,10+,11+,12-,13-,14-,15-,16+/m1/s1. The molecule has 2 heterocycles. The molecule has 0 amide bonds. The summed E-state index contributed by atoms with van der Waals surface area (Å²) in [5.74, 6) is 0. The monoisotopic (exact) mass is 372 g/mol. The SMILES string of the molecule is OC[C@@H]1O[C@H](Nc2cccc(N[C@@H]3O[C@H](CO)[C@H](O)[C@H]3O)c2)[C@H](O)[C@@H]1O. The van der Waals surface area contributed by atoms with Gasteiger partial charge >= 0.3 is 0 Å². The summed E-state index contributed by atoms with van der Waals surface area (Å²) < 4.78 is 10.7. The molecular formula is C16H24N2O8. The molecule has 2 fully saturated rings. The first-order valence-electron chi connectivity index (χ1n) is 8.32. The largest absolute Gasteiger partial charge is 0.394 e. The van der Waals surface area contributed by atoms with E-state index in [2.05, 4.69) is 10.6 Å². The zero-order valence-electron chi connectivity index (χ0n) is 13.8. The summed E-state index contributed by atoms with van der Waals surface area (Å²) in [5, 5.41) is 63.6. The summed E-state index contributed by atoms with van der Waals surface area (Å²) in [5.41, 5.74) is 1.10. The van der Waals surface area contributed by atoms with Gasteiger partial charge < -0.3 is 50.7 Å². The van der Waals surface area contributed by atoms with Crippen LogP contribution in [0.2, 0.25) is 0 Å². The molecule has 10 heteroatoms. The molecule has 2 aliphatic rings. The second kappa shape index (κ2) is 8.03. The van der Waals surface area contributed by atoms with E-state index in [0.29, 0.717) is 11.4 Å². The molecule has 3 rings (SSSR count). The van der Waals surface area contributed by atoms with Crippen molar-refractivity contribution in [3.05, 3.63) is 24.3 Å². The van der Waals surface area contributed by atoms with E-state index in [1.807, 2.05) is 0 Å². The predicted octanol–water partition coefficient (Wildman–Crippen LogP) is -2.61. The Morgan fingerprint density at radius 2 is 1.15 bits per heavy atom. The fourth-order valence-corrected chi connectivity index (χ4v) is 3.06. The molecule has 10 nitrogen and oxygen atoms in total. The lowest BCUT2D eigenvalue weighted by Gasteiger charge is -2.20. The normalized spacial score (nSPS) is 39.9. The van der Waals surface area contributed by atoms with E-state index in [1.54, 1.807) is 24.3 Å². The van der Waals surface area contributed by atoms with Crippen molar-refractivity contribution in [2.24, 2.45) is 0 Å². The van der Waals surface area contributed by atoms with Crippen LogP contribution in [-0.2, 0) is 9.47 Å². The first kappa shape index (κ1) is 19.3. The summed E-state index contributed by atoms with van der Waals surface area (Å²) in [7, 11) is 0. The molecule has 2 aliphatic heterocycles. The third kappa shape index (κ3) is 3.77. The summed E-state index contributed by atoms with van der Waals surface area (Å²) in [4.78, 5) is 0. The van der Waals surface area contributed by atoms with Gasteiger partial charge in [0.1, 0.15) is 36.6 Å². The Hall–Kier alpha value is -1.50. The molecule has 0 spiro atoms. The van der Waals surface area contributed by atoms with Crippen LogP contribution in [0.25, 0.3) is 0 Å². The molecule has 146 valence electrons. The van der Waals surface area contributed by atoms with E-state index >= 15 is 0 Å². The maximum atomic E-state index is 9.97. The van der Waals surface area contributed by atoms with E-state index < -0.39 is 62.3 Å². The van der Waals surface area contributed by atoms with Crippen molar-refractivity contribution in [3.8, 4) is 0 Å². The number of hydrogen-bond acceptors (Lipinski definition) is 10. The van der Waals surface area contributed by atoms with Gasteiger partial charge in [0.2, 0.25) is 0 Å². The van der Waals surface area contributed by atoms with Crippen molar-refractivity contribution in [1.29, 1.82) is 0 Å². The minimum Gasteiger partial charge on any atom is -0.394 e. The highest BCUT2D eigenvalue weighted by Crippen LogP contribution is 2.26. The molecule has 1 aromatic carbocycles. The third-order valence-corrected chi connectivity index (χ3v) is 4.57. The second-order valence-electron chi connectivity index (χ2n) is 6.39. The van der Waals surface area contributed by atoms with Gasteiger partial charge in [-0.25, -0.2) is 0 Å². The Morgan fingerprint density at radius 1 is 0.731 bits per heavy atom. The summed E-state index contributed by atoms with van der Waals surface area (Å²) >= 11 is 0. The van der Waals surface area contributed by atoms with Crippen LogP contribution in [0, 0.1) is 0 Å². The molecule has 0 radical (unpaired) electrons. The van der Waals surface area contributed by atoms with Gasteiger partial charge in [0.15, 0.2) is 12.5 Å². The van der Waals surface area contributed by atoms with Crippen molar-refractivity contribution in [2.45, 2.75) is 49.1 Å². The summed E-state index contributed by atoms with van der Waals surface area (Å²) in [6.45, 7) is -0.827.